The van der Waals surface area contributed by atoms with Crippen molar-refractivity contribution in [3.8, 4) is 0 Å². The Kier molecular flexibility index (Phi) is 5.57. The molecule has 0 radical (unpaired) electrons. The Labute approximate surface area is 95.2 Å². The maximum Gasteiger partial charge on any atom is 0.202 e. The van der Waals surface area contributed by atoms with Crippen LogP contribution in [0.25, 0.3) is 0 Å². The highest BCUT2D eigenvalue weighted by molar-refractivity contribution is 7.09. The first kappa shape index (κ1) is 12.4. The van der Waals surface area contributed by atoms with E-state index in [1.54, 1.807) is 7.11 Å². The van der Waals surface area contributed by atoms with E-state index in [0.29, 0.717) is 12.5 Å². The van der Waals surface area contributed by atoms with Gasteiger partial charge in [0.25, 0.3) is 0 Å². The fourth-order valence-corrected chi connectivity index (χ4v) is 1.74. The molecule has 5 heteroatoms. The summed E-state index contributed by atoms with van der Waals surface area (Å²) in [6.07, 6.45) is 2.12. The summed E-state index contributed by atoms with van der Waals surface area (Å²) in [5, 5.41) is 4.07. The monoisotopic (exact) mass is 229 g/mol. The molecule has 0 aliphatic carbocycles. The van der Waals surface area contributed by atoms with Crippen LogP contribution in [-0.2, 0) is 11.2 Å². The van der Waals surface area contributed by atoms with Gasteiger partial charge in [0.15, 0.2) is 0 Å². The molecule has 1 heterocycles. The maximum atomic E-state index is 4.94. The molecule has 15 heavy (non-hydrogen) atoms. The summed E-state index contributed by atoms with van der Waals surface area (Å²) in [6, 6.07) is 0. The number of aryl methyl sites for hydroxylation is 1. The van der Waals surface area contributed by atoms with Crippen molar-refractivity contribution in [1.29, 1.82) is 0 Å². The molecule has 0 aliphatic rings. The zero-order valence-electron chi connectivity index (χ0n) is 9.62. The van der Waals surface area contributed by atoms with Crippen LogP contribution in [0.1, 0.15) is 26.1 Å². The molecule has 0 saturated heterocycles. The molecule has 0 saturated carbocycles. The van der Waals surface area contributed by atoms with Crippen molar-refractivity contribution in [2.75, 3.05) is 25.6 Å². The van der Waals surface area contributed by atoms with E-state index in [2.05, 4.69) is 28.5 Å². The Balaban J connectivity index is 2.29. The second-order valence-corrected chi connectivity index (χ2v) is 4.62. The topological polar surface area (TPSA) is 47.0 Å². The zero-order chi connectivity index (χ0) is 11.1. The minimum absolute atomic E-state index is 0.695. The molecule has 0 aromatic carbocycles. The summed E-state index contributed by atoms with van der Waals surface area (Å²) in [4.78, 5) is 4.39. The summed E-state index contributed by atoms with van der Waals surface area (Å²) < 4.78 is 9.24. The molecule has 0 spiro atoms. The van der Waals surface area contributed by atoms with Crippen molar-refractivity contribution in [2.45, 2.75) is 26.7 Å². The number of nitrogens with one attached hydrogen (secondary N) is 1. The standard InChI is InChI=1S/C10H19N3OS/c1-8(2)4-5-9-12-10(15-13-9)11-6-7-14-3/h8H,4-7H2,1-3H3,(H,11,12,13). The van der Waals surface area contributed by atoms with E-state index >= 15 is 0 Å². The number of aromatic nitrogens is 2. The van der Waals surface area contributed by atoms with Gasteiger partial charge in [0.2, 0.25) is 5.13 Å². The van der Waals surface area contributed by atoms with Gasteiger partial charge in [-0.3, -0.25) is 0 Å². The Morgan fingerprint density at radius 1 is 1.47 bits per heavy atom. The van der Waals surface area contributed by atoms with Crippen molar-refractivity contribution in [3.05, 3.63) is 5.82 Å². The van der Waals surface area contributed by atoms with Crippen molar-refractivity contribution < 1.29 is 4.74 Å². The van der Waals surface area contributed by atoms with Crippen LogP contribution in [0.5, 0.6) is 0 Å². The van der Waals surface area contributed by atoms with Crippen LogP contribution in [0.3, 0.4) is 0 Å². The lowest BCUT2D eigenvalue weighted by atomic mass is 10.1. The first-order chi connectivity index (χ1) is 7.22. The summed E-state index contributed by atoms with van der Waals surface area (Å²) >= 11 is 1.42. The average molecular weight is 229 g/mol. The normalized spacial score (nSPS) is 10.9. The van der Waals surface area contributed by atoms with Crippen LogP contribution in [0.15, 0.2) is 0 Å². The van der Waals surface area contributed by atoms with Gasteiger partial charge >= 0.3 is 0 Å². The van der Waals surface area contributed by atoms with Gasteiger partial charge in [-0.1, -0.05) is 13.8 Å². The van der Waals surface area contributed by atoms with Gasteiger partial charge in [-0.05, 0) is 12.3 Å². The third kappa shape index (κ3) is 5.09. The minimum atomic E-state index is 0.695. The summed E-state index contributed by atoms with van der Waals surface area (Å²) in [5.41, 5.74) is 0. The van der Waals surface area contributed by atoms with Crippen molar-refractivity contribution >= 4 is 16.7 Å². The predicted molar refractivity (Wildman–Crippen MR) is 63.4 cm³/mol. The van der Waals surface area contributed by atoms with Gasteiger partial charge in [-0.15, -0.1) is 0 Å². The lowest BCUT2D eigenvalue weighted by molar-refractivity contribution is 0.211. The van der Waals surface area contributed by atoms with Crippen LogP contribution in [-0.4, -0.2) is 29.6 Å². The third-order valence-electron chi connectivity index (χ3n) is 2.00. The Hall–Kier alpha value is -0.680. The molecule has 86 valence electrons. The van der Waals surface area contributed by atoms with Crippen LogP contribution in [0.4, 0.5) is 5.13 Å². The molecule has 1 aromatic heterocycles. The number of hydrogen-bond donors (Lipinski definition) is 1. The number of hydrogen-bond acceptors (Lipinski definition) is 5. The lowest BCUT2D eigenvalue weighted by Gasteiger charge is -2.00. The SMILES string of the molecule is COCCNc1nc(CCC(C)C)ns1. The van der Waals surface area contributed by atoms with Crippen LogP contribution in [0.2, 0.25) is 0 Å². The Morgan fingerprint density at radius 2 is 2.27 bits per heavy atom. The van der Waals surface area contributed by atoms with E-state index in [0.717, 1.165) is 30.3 Å². The Bertz CT molecular complexity index is 275. The van der Waals surface area contributed by atoms with Gasteiger partial charge in [-0.25, -0.2) is 4.98 Å². The molecule has 4 nitrogen and oxygen atoms in total. The van der Waals surface area contributed by atoms with E-state index in [-0.39, 0.29) is 0 Å². The molecule has 0 bridgehead atoms. The molecule has 1 aromatic rings. The largest absolute Gasteiger partial charge is 0.383 e. The second kappa shape index (κ2) is 6.74. The van der Waals surface area contributed by atoms with Gasteiger partial charge in [0.1, 0.15) is 5.82 Å². The van der Waals surface area contributed by atoms with E-state index in [4.69, 9.17) is 4.74 Å². The molecule has 1 N–H and O–H groups in total. The first-order valence-corrected chi connectivity index (χ1v) is 6.05. The molecule has 0 amide bonds. The summed E-state index contributed by atoms with van der Waals surface area (Å²) in [6.45, 7) is 5.91. The third-order valence-corrected chi connectivity index (χ3v) is 2.71. The van der Waals surface area contributed by atoms with Crippen LogP contribution < -0.4 is 5.32 Å². The highest BCUT2D eigenvalue weighted by Crippen LogP contribution is 2.13. The van der Waals surface area contributed by atoms with Gasteiger partial charge in [-0.2, -0.15) is 4.37 Å². The summed E-state index contributed by atoms with van der Waals surface area (Å²) in [5.74, 6) is 1.66. The molecular weight excluding hydrogens is 210 g/mol. The Morgan fingerprint density at radius 3 is 2.93 bits per heavy atom. The number of methoxy groups -OCH3 is 1. The van der Waals surface area contributed by atoms with Gasteiger partial charge in [0.05, 0.1) is 6.61 Å². The maximum absolute atomic E-state index is 4.94. The number of nitrogens with zero attached hydrogens (tertiary/aromatic N) is 2. The average Bonchev–Trinajstić information content (AvgIpc) is 2.63. The molecule has 0 atom stereocenters. The highest BCUT2D eigenvalue weighted by atomic mass is 32.1. The number of rotatable bonds is 7. The van der Waals surface area contributed by atoms with E-state index < -0.39 is 0 Å². The minimum Gasteiger partial charge on any atom is -0.383 e. The second-order valence-electron chi connectivity index (χ2n) is 3.87. The van der Waals surface area contributed by atoms with E-state index in [9.17, 15) is 0 Å². The molecule has 1 rings (SSSR count). The van der Waals surface area contributed by atoms with Gasteiger partial charge < -0.3 is 10.1 Å². The first-order valence-electron chi connectivity index (χ1n) is 5.27. The predicted octanol–water partition coefficient (Wildman–Crippen LogP) is 2.19. The van der Waals surface area contributed by atoms with Crippen LogP contribution in [0, 0.1) is 5.92 Å². The fourth-order valence-electron chi connectivity index (χ4n) is 1.11. The zero-order valence-corrected chi connectivity index (χ0v) is 10.4. The molecule has 0 aliphatic heterocycles. The van der Waals surface area contributed by atoms with Crippen LogP contribution >= 0.6 is 11.5 Å². The van der Waals surface area contributed by atoms with Gasteiger partial charge in [0, 0.05) is 31.6 Å². The fraction of sp³-hybridized carbons (Fsp3) is 0.800. The van der Waals surface area contributed by atoms with E-state index in [1.807, 2.05) is 0 Å². The summed E-state index contributed by atoms with van der Waals surface area (Å²) in [7, 11) is 1.69. The lowest BCUT2D eigenvalue weighted by Crippen LogP contribution is -2.07. The number of anilines is 1. The van der Waals surface area contributed by atoms with Crippen molar-refractivity contribution in [1.82, 2.24) is 9.36 Å². The molecular formula is C10H19N3OS. The number of ether oxygens (including phenoxy) is 1. The van der Waals surface area contributed by atoms with Crippen molar-refractivity contribution in [3.63, 3.8) is 0 Å². The highest BCUT2D eigenvalue weighted by Gasteiger charge is 2.04. The van der Waals surface area contributed by atoms with E-state index in [1.165, 1.54) is 11.5 Å². The quantitative estimate of drug-likeness (QED) is 0.728. The molecule has 0 unspecified atom stereocenters. The van der Waals surface area contributed by atoms with Crippen molar-refractivity contribution in [2.24, 2.45) is 5.92 Å². The smallest absolute Gasteiger partial charge is 0.202 e. The molecule has 0 fully saturated rings.